The first-order valence-electron chi connectivity index (χ1n) is 11.4. The van der Waals surface area contributed by atoms with Gasteiger partial charge in [-0.05, 0) is 67.3 Å². The van der Waals surface area contributed by atoms with Crippen LogP contribution in [0.4, 0.5) is 4.79 Å². The van der Waals surface area contributed by atoms with E-state index in [1.54, 1.807) is 12.1 Å². The van der Waals surface area contributed by atoms with E-state index in [4.69, 9.17) is 4.74 Å². The first-order chi connectivity index (χ1) is 15.3. The normalized spacial score (nSPS) is 15.0. The Morgan fingerprint density at radius 2 is 1.78 bits per heavy atom. The fraction of sp³-hybridized carbons (Fsp3) is 0.480. The zero-order chi connectivity index (χ0) is 23.0. The van der Waals surface area contributed by atoms with Gasteiger partial charge in [-0.3, -0.25) is 4.55 Å². The summed E-state index contributed by atoms with van der Waals surface area (Å²) in [5.74, 6) is 0.637. The Labute approximate surface area is 191 Å². The SMILES string of the molecule is Cc1ccc(S(=O)(=O)O)cc1CCCCCC1CCN(C(=O)OCc2ccccc2)CC1. The molecule has 1 aliphatic heterocycles. The van der Waals surface area contributed by atoms with Gasteiger partial charge in [0.25, 0.3) is 10.1 Å². The average Bonchev–Trinajstić information content (AvgIpc) is 2.78. The van der Waals surface area contributed by atoms with Crippen molar-refractivity contribution in [2.45, 2.75) is 63.4 Å². The van der Waals surface area contributed by atoms with Crippen LogP contribution in [-0.2, 0) is 27.9 Å². The summed E-state index contributed by atoms with van der Waals surface area (Å²) in [5.41, 5.74) is 3.02. The van der Waals surface area contributed by atoms with E-state index in [-0.39, 0.29) is 11.0 Å². The molecule has 2 aromatic carbocycles. The summed E-state index contributed by atoms with van der Waals surface area (Å²) in [4.78, 5) is 14.1. The lowest BCUT2D eigenvalue weighted by Gasteiger charge is -2.31. The van der Waals surface area contributed by atoms with Gasteiger partial charge in [-0.2, -0.15) is 8.42 Å². The van der Waals surface area contributed by atoms with Gasteiger partial charge in [-0.1, -0.05) is 55.7 Å². The number of rotatable bonds is 9. The number of likely N-dealkylation sites (tertiary alicyclic amines) is 1. The third-order valence-corrected chi connectivity index (χ3v) is 7.10. The van der Waals surface area contributed by atoms with Crippen LogP contribution >= 0.6 is 0 Å². The van der Waals surface area contributed by atoms with E-state index in [9.17, 15) is 17.8 Å². The van der Waals surface area contributed by atoms with Crippen molar-refractivity contribution < 1.29 is 22.5 Å². The number of hydrogen-bond donors (Lipinski definition) is 1. The predicted octanol–water partition coefficient (Wildman–Crippen LogP) is 5.39. The molecule has 1 saturated heterocycles. The number of aryl methyl sites for hydroxylation is 2. The Balaban J connectivity index is 1.31. The molecule has 0 unspecified atom stereocenters. The zero-order valence-corrected chi connectivity index (χ0v) is 19.5. The molecule has 7 heteroatoms. The molecule has 0 saturated carbocycles. The second-order valence-electron chi connectivity index (χ2n) is 8.63. The van der Waals surface area contributed by atoms with Crippen LogP contribution in [0.15, 0.2) is 53.4 Å². The quantitative estimate of drug-likeness (QED) is 0.401. The monoisotopic (exact) mass is 459 g/mol. The highest BCUT2D eigenvalue weighted by atomic mass is 32.2. The fourth-order valence-electron chi connectivity index (χ4n) is 4.22. The van der Waals surface area contributed by atoms with Gasteiger partial charge < -0.3 is 9.64 Å². The minimum atomic E-state index is -4.16. The number of nitrogens with zero attached hydrogens (tertiary/aromatic N) is 1. The molecule has 0 aliphatic carbocycles. The Hall–Kier alpha value is -2.38. The van der Waals surface area contributed by atoms with E-state index >= 15 is 0 Å². The number of amides is 1. The molecule has 3 rings (SSSR count). The molecule has 6 nitrogen and oxygen atoms in total. The minimum Gasteiger partial charge on any atom is -0.445 e. The highest BCUT2D eigenvalue weighted by Crippen LogP contribution is 2.24. The van der Waals surface area contributed by atoms with Crippen molar-refractivity contribution in [2.24, 2.45) is 5.92 Å². The summed E-state index contributed by atoms with van der Waals surface area (Å²) in [7, 11) is -4.16. The number of carbonyl (C=O) groups excluding carboxylic acids is 1. The van der Waals surface area contributed by atoms with Crippen LogP contribution in [0.5, 0.6) is 0 Å². The van der Waals surface area contributed by atoms with E-state index in [2.05, 4.69) is 0 Å². The smallest absolute Gasteiger partial charge is 0.410 e. The van der Waals surface area contributed by atoms with Gasteiger partial charge in [0.2, 0.25) is 0 Å². The number of benzene rings is 2. The molecule has 174 valence electrons. The number of ether oxygens (including phenoxy) is 1. The fourth-order valence-corrected chi connectivity index (χ4v) is 4.75. The molecule has 32 heavy (non-hydrogen) atoms. The maximum atomic E-state index is 12.3. The molecule has 1 aliphatic rings. The lowest BCUT2D eigenvalue weighted by molar-refractivity contribution is 0.0813. The van der Waals surface area contributed by atoms with E-state index in [1.165, 1.54) is 6.07 Å². The molecule has 0 spiro atoms. The number of unbranched alkanes of at least 4 members (excludes halogenated alkanes) is 2. The molecule has 1 N–H and O–H groups in total. The highest BCUT2D eigenvalue weighted by molar-refractivity contribution is 7.85. The molecule has 1 fully saturated rings. The molecule has 0 radical (unpaired) electrons. The van der Waals surface area contributed by atoms with E-state index in [0.29, 0.717) is 12.5 Å². The molecular weight excluding hydrogens is 426 g/mol. The molecule has 0 atom stereocenters. The third kappa shape index (κ3) is 7.35. The molecular formula is C25H33NO5S. The maximum absolute atomic E-state index is 12.3. The number of carbonyl (C=O) groups is 1. The first-order valence-corrected chi connectivity index (χ1v) is 12.8. The Morgan fingerprint density at radius 1 is 1.06 bits per heavy atom. The molecule has 1 amide bonds. The van der Waals surface area contributed by atoms with Crippen LogP contribution < -0.4 is 0 Å². The number of hydrogen-bond acceptors (Lipinski definition) is 4. The van der Waals surface area contributed by atoms with Crippen LogP contribution in [0.2, 0.25) is 0 Å². The molecule has 1 heterocycles. The predicted molar refractivity (Wildman–Crippen MR) is 124 cm³/mol. The minimum absolute atomic E-state index is 0.0350. The second-order valence-corrected chi connectivity index (χ2v) is 10.1. The third-order valence-electron chi connectivity index (χ3n) is 6.25. The largest absolute Gasteiger partial charge is 0.445 e. The van der Waals surface area contributed by atoms with Crippen LogP contribution in [0.1, 0.15) is 55.2 Å². The van der Waals surface area contributed by atoms with Gasteiger partial charge in [0.1, 0.15) is 6.61 Å². The zero-order valence-electron chi connectivity index (χ0n) is 18.7. The van der Waals surface area contributed by atoms with Crippen molar-refractivity contribution in [1.29, 1.82) is 0 Å². The summed E-state index contributed by atoms with van der Waals surface area (Å²) in [5, 5.41) is 0. The second kappa shape index (κ2) is 11.5. The Kier molecular flexibility index (Phi) is 8.70. The van der Waals surface area contributed by atoms with Crippen molar-refractivity contribution >= 4 is 16.2 Å². The number of piperidine rings is 1. The van der Waals surface area contributed by atoms with Crippen molar-refractivity contribution in [2.75, 3.05) is 13.1 Å². The van der Waals surface area contributed by atoms with Gasteiger partial charge in [0.05, 0.1) is 4.90 Å². The maximum Gasteiger partial charge on any atom is 0.410 e. The summed E-state index contributed by atoms with van der Waals surface area (Å²) in [6, 6.07) is 14.5. The van der Waals surface area contributed by atoms with Crippen molar-refractivity contribution in [3.05, 3.63) is 65.2 Å². The van der Waals surface area contributed by atoms with E-state index in [1.807, 2.05) is 42.2 Å². The standard InChI is InChI=1S/C25H33NO5S/c1-20-12-13-24(32(28,29)30)18-23(20)11-7-3-4-8-21-14-16-26(17-15-21)25(27)31-19-22-9-5-2-6-10-22/h2,5-6,9-10,12-13,18,21H,3-4,7-8,11,14-17,19H2,1H3,(H,28,29,30). The Morgan fingerprint density at radius 3 is 2.47 bits per heavy atom. The van der Waals surface area contributed by atoms with Crippen molar-refractivity contribution in [1.82, 2.24) is 4.90 Å². The van der Waals surface area contributed by atoms with E-state index < -0.39 is 10.1 Å². The molecule has 0 aromatic heterocycles. The topological polar surface area (TPSA) is 83.9 Å². The lowest BCUT2D eigenvalue weighted by atomic mass is 9.91. The summed E-state index contributed by atoms with van der Waals surface area (Å²) >= 11 is 0. The van der Waals surface area contributed by atoms with Crippen LogP contribution in [-0.4, -0.2) is 37.1 Å². The average molecular weight is 460 g/mol. The van der Waals surface area contributed by atoms with Crippen LogP contribution in [0.3, 0.4) is 0 Å². The van der Waals surface area contributed by atoms with Crippen LogP contribution in [0.25, 0.3) is 0 Å². The van der Waals surface area contributed by atoms with E-state index in [0.717, 1.165) is 74.7 Å². The highest BCUT2D eigenvalue weighted by Gasteiger charge is 2.23. The first kappa shape index (κ1) is 24.3. The van der Waals surface area contributed by atoms with Crippen molar-refractivity contribution in [3.63, 3.8) is 0 Å². The van der Waals surface area contributed by atoms with Crippen LogP contribution in [0, 0.1) is 12.8 Å². The van der Waals surface area contributed by atoms with Gasteiger partial charge in [-0.15, -0.1) is 0 Å². The Bertz CT molecular complexity index is 983. The molecule has 0 bridgehead atoms. The van der Waals surface area contributed by atoms with Gasteiger partial charge >= 0.3 is 6.09 Å². The van der Waals surface area contributed by atoms with Gasteiger partial charge in [0.15, 0.2) is 0 Å². The van der Waals surface area contributed by atoms with Gasteiger partial charge in [0, 0.05) is 13.1 Å². The lowest BCUT2D eigenvalue weighted by Crippen LogP contribution is -2.38. The summed E-state index contributed by atoms with van der Waals surface area (Å²) in [6.07, 6.45) is 6.94. The summed E-state index contributed by atoms with van der Waals surface area (Å²) < 4.78 is 37.3. The summed E-state index contributed by atoms with van der Waals surface area (Å²) in [6.45, 7) is 3.77. The van der Waals surface area contributed by atoms with Gasteiger partial charge in [-0.25, -0.2) is 4.79 Å². The molecule has 2 aromatic rings. The van der Waals surface area contributed by atoms with Crippen molar-refractivity contribution in [3.8, 4) is 0 Å².